The molecule has 23 heavy (non-hydrogen) atoms. The zero-order valence-corrected chi connectivity index (χ0v) is 14.2. The van der Waals surface area contributed by atoms with Crippen LogP contribution in [-0.4, -0.2) is 44.9 Å². The molecule has 0 aliphatic rings. The molecular formula is C16H19ClFN3O2. The molecule has 1 heterocycles. The van der Waals surface area contributed by atoms with Crippen molar-refractivity contribution >= 4 is 17.5 Å². The van der Waals surface area contributed by atoms with Gasteiger partial charge in [-0.3, -0.25) is 4.79 Å². The van der Waals surface area contributed by atoms with Gasteiger partial charge in [0.25, 0.3) is 5.91 Å². The summed E-state index contributed by atoms with van der Waals surface area (Å²) in [5.41, 5.74) is 0.274. The van der Waals surface area contributed by atoms with Crippen LogP contribution in [0.15, 0.2) is 24.3 Å². The van der Waals surface area contributed by atoms with Crippen molar-refractivity contribution in [2.24, 2.45) is 0 Å². The van der Waals surface area contributed by atoms with Crippen molar-refractivity contribution in [2.75, 3.05) is 13.6 Å². The van der Waals surface area contributed by atoms with E-state index in [4.69, 9.17) is 11.6 Å². The molecule has 2 rings (SSSR count). The topological polar surface area (TPSA) is 58.4 Å². The Bertz CT molecular complexity index is 720. The van der Waals surface area contributed by atoms with E-state index in [1.807, 2.05) is 0 Å². The van der Waals surface area contributed by atoms with Crippen molar-refractivity contribution in [3.63, 3.8) is 0 Å². The Kier molecular flexibility index (Phi) is 4.77. The number of aliphatic hydroxyl groups is 1. The minimum atomic E-state index is -1.02. The number of halogens is 2. The third-order valence-electron chi connectivity index (χ3n) is 3.26. The van der Waals surface area contributed by atoms with E-state index in [1.54, 1.807) is 27.8 Å². The Balaban J connectivity index is 2.38. The maximum atomic E-state index is 13.0. The first kappa shape index (κ1) is 17.4. The van der Waals surface area contributed by atoms with Gasteiger partial charge in [-0.15, -0.1) is 0 Å². The van der Waals surface area contributed by atoms with Gasteiger partial charge >= 0.3 is 0 Å². The van der Waals surface area contributed by atoms with Crippen molar-refractivity contribution < 1.29 is 14.3 Å². The number of nitrogens with zero attached hydrogens (tertiary/aromatic N) is 3. The van der Waals surface area contributed by atoms with Crippen molar-refractivity contribution in [1.29, 1.82) is 0 Å². The van der Waals surface area contributed by atoms with Gasteiger partial charge in [-0.25, -0.2) is 9.07 Å². The molecular weight excluding hydrogens is 321 g/mol. The molecule has 0 saturated carbocycles. The van der Waals surface area contributed by atoms with Gasteiger partial charge in [-0.2, -0.15) is 5.10 Å². The number of rotatable bonds is 4. The SMILES string of the molecule is Cc1nn(-c2ccc(F)cc2)c(Cl)c1C(=O)N(C)CC(C)(C)O. The molecule has 5 nitrogen and oxygen atoms in total. The maximum absolute atomic E-state index is 13.0. The number of benzene rings is 1. The highest BCUT2D eigenvalue weighted by molar-refractivity contribution is 6.33. The van der Waals surface area contributed by atoms with Crippen LogP contribution in [0.3, 0.4) is 0 Å². The minimum Gasteiger partial charge on any atom is -0.389 e. The summed E-state index contributed by atoms with van der Waals surface area (Å²) in [4.78, 5) is 14.0. The summed E-state index contributed by atoms with van der Waals surface area (Å²) in [6.07, 6.45) is 0. The third-order valence-corrected chi connectivity index (χ3v) is 3.61. The number of aryl methyl sites for hydroxylation is 1. The first-order chi connectivity index (χ1) is 10.6. The second-order valence-corrected chi connectivity index (χ2v) is 6.47. The Morgan fingerprint density at radius 1 is 1.39 bits per heavy atom. The van der Waals surface area contributed by atoms with Crippen molar-refractivity contribution in [3.8, 4) is 5.69 Å². The lowest BCUT2D eigenvalue weighted by Crippen LogP contribution is -2.39. The van der Waals surface area contributed by atoms with Crippen molar-refractivity contribution in [3.05, 3.63) is 46.5 Å². The fourth-order valence-electron chi connectivity index (χ4n) is 2.34. The highest BCUT2D eigenvalue weighted by Crippen LogP contribution is 2.25. The summed E-state index contributed by atoms with van der Waals surface area (Å²) in [7, 11) is 1.59. The van der Waals surface area contributed by atoms with E-state index in [2.05, 4.69) is 5.10 Å². The van der Waals surface area contributed by atoms with E-state index >= 15 is 0 Å². The average molecular weight is 340 g/mol. The zero-order chi connectivity index (χ0) is 17.4. The van der Waals surface area contributed by atoms with Crippen LogP contribution in [-0.2, 0) is 0 Å². The molecule has 124 valence electrons. The third kappa shape index (κ3) is 3.89. The predicted octanol–water partition coefficient (Wildman–Crippen LogP) is 2.82. The van der Waals surface area contributed by atoms with Gasteiger partial charge in [0.05, 0.1) is 22.5 Å². The molecule has 1 aromatic carbocycles. The minimum absolute atomic E-state index is 0.154. The molecule has 1 amide bonds. The van der Waals surface area contributed by atoms with E-state index < -0.39 is 5.60 Å². The standard InChI is InChI=1S/C16H19ClFN3O2/c1-10-13(15(22)20(4)9-16(2,3)23)14(17)21(19-10)12-7-5-11(18)6-8-12/h5-8,23H,9H2,1-4H3. The number of amides is 1. The molecule has 0 aliphatic carbocycles. The molecule has 2 aromatic rings. The molecule has 0 radical (unpaired) electrons. The van der Waals surface area contributed by atoms with E-state index in [0.29, 0.717) is 11.4 Å². The summed E-state index contributed by atoms with van der Waals surface area (Å²) in [6, 6.07) is 5.65. The van der Waals surface area contributed by atoms with Crippen LogP contribution >= 0.6 is 11.6 Å². The molecule has 0 saturated heterocycles. The Morgan fingerprint density at radius 2 is 1.96 bits per heavy atom. The summed E-state index contributed by atoms with van der Waals surface area (Å²) in [5, 5.41) is 14.3. The van der Waals surface area contributed by atoms with Crippen LogP contribution in [0.1, 0.15) is 29.9 Å². The normalized spacial score (nSPS) is 11.6. The summed E-state index contributed by atoms with van der Waals surface area (Å²) < 4.78 is 14.4. The predicted molar refractivity (Wildman–Crippen MR) is 86.5 cm³/mol. The Hall–Kier alpha value is -1.92. The molecule has 0 spiro atoms. The number of hydrogen-bond donors (Lipinski definition) is 1. The molecule has 0 aliphatic heterocycles. The molecule has 0 atom stereocenters. The Morgan fingerprint density at radius 3 is 2.48 bits per heavy atom. The lowest BCUT2D eigenvalue weighted by atomic mass is 10.1. The largest absolute Gasteiger partial charge is 0.389 e. The van der Waals surface area contributed by atoms with Gasteiger partial charge in [-0.05, 0) is 45.0 Å². The van der Waals surface area contributed by atoms with Crippen LogP contribution in [0.2, 0.25) is 5.15 Å². The molecule has 1 N–H and O–H groups in total. The van der Waals surface area contributed by atoms with Crippen molar-refractivity contribution in [1.82, 2.24) is 14.7 Å². The fourth-order valence-corrected chi connectivity index (χ4v) is 2.69. The monoisotopic (exact) mass is 339 g/mol. The van der Waals surface area contributed by atoms with Gasteiger partial charge in [0.2, 0.25) is 0 Å². The van der Waals surface area contributed by atoms with Gasteiger partial charge in [0.1, 0.15) is 11.0 Å². The number of aromatic nitrogens is 2. The van der Waals surface area contributed by atoms with Gasteiger partial charge in [0.15, 0.2) is 0 Å². The molecule has 1 aromatic heterocycles. The molecule has 0 unspecified atom stereocenters. The van der Waals surface area contributed by atoms with Crippen molar-refractivity contribution in [2.45, 2.75) is 26.4 Å². The highest BCUT2D eigenvalue weighted by atomic mass is 35.5. The van der Waals surface area contributed by atoms with Crippen LogP contribution in [0.5, 0.6) is 0 Å². The van der Waals surface area contributed by atoms with Crippen LogP contribution in [0.4, 0.5) is 4.39 Å². The van der Waals surface area contributed by atoms with Crippen LogP contribution in [0, 0.1) is 12.7 Å². The summed E-state index contributed by atoms with van der Waals surface area (Å²) >= 11 is 6.31. The van der Waals surface area contributed by atoms with Crippen LogP contribution < -0.4 is 0 Å². The second kappa shape index (κ2) is 6.29. The maximum Gasteiger partial charge on any atom is 0.258 e. The summed E-state index contributed by atoms with van der Waals surface area (Å²) in [5.74, 6) is -0.696. The number of carbonyl (C=O) groups is 1. The van der Waals surface area contributed by atoms with E-state index in [-0.39, 0.29) is 29.0 Å². The van der Waals surface area contributed by atoms with Gasteiger partial charge < -0.3 is 10.0 Å². The molecule has 7 heteroatoms. The lowest BCUT2D eigenvalue weighted by molar-refractivity contribution is 0.0367. The van der Waals surface area contributed by atoms with Gasteiger partial charge in [-0.1, -0.05) is 11.6 Å². The second-order valence-electron chi connectivity index (χ2n) is 6.11. The number of likely N-dealkylation sites (N-methyl/N-ethyl adjacent to an activating group) is 1. The highest BCUT2D eigenvalue weighted by Gasteiger charge is 2.26. The molecule has 0 fully saturated rings. The van der Waals surface area contributed by atoms with E-state index in [0.717, 1.165) is 0 Å². The van der Waals surface area contributed by atoms with E-state index in [1.165, 1.54) is 33.8 Å². The first-order valence-electron chi connectivity index (χ1n) is 7.09. The van der Waals surface area contributed by atoms with Gasteiger partial charge in [0, 0.05) is 13.6 Å². The molecule has 0 bridgehead atoms. The number of hydrogen-bond acceptors (Lipinski definition) is 3. The van der Waals surface area contributed by atoms with Crippen LogP contribution in [0.25, 0.3) is 5.69 Å². The quantitative estimate of drug-likeness (QED) is 0.931. The summed E-state index contributed by atoms with van der Waals surface area (Å²) in [6.45, 7) is 5.07. The Labute approximate surface area is 139 Å². The van der Waals surface area contributed by atoms with E-state index in [9.17, 15) is 14.3 Å². The first-order valence-corrected chi connectivity index (χ1v) is 7.47. The number of carbonyl (C=O) groups excluding carboxylic acids is 1. The fraction of sp³-hybridized carbons (Fsp3) is 0.375. The zero-order valence-electron chi connectivity index (χ0n) is 13.5. The lowest BCUT2D eigenvalue weighted by Gasteiger charge is -2.25. The average Bonchev–Trinajstić information content (AvgIpc) is 2.72. The smallest absolute Gasteiger partial charge is 0.258 e.